The number of nitrogens with zero attached hydrogens (tertiary/aromatic N) is 2. The van der Waals surface area contributed by atoms with E-state index >= 15 is 0 Å². The normalized spacial score (nSPS) is 23.1. The van der Waals surface area contributed by atoms with E-state index < -0.39 is 5.72 Å². The molecular formula is C18H17IN2O3. The molecule has 5 nitrogen and oxygen atoms in total. The number of fused-ring (bicyclic) bond motifs is 4. The van der Waals surface area contributed by atoms with Gasteiger partial charge in [0.15, 0.2) is 5.72 Å². The van der Waals surface area contributed by atoms with Crippen molar-refractivity contribution in [2.75, 3.05) is 4.90 Å². The van der Waals surface area contributed by atoms with Crippen LogP contribution in [0.25, 0.3) is 0 Å². The zero-order valence-electron chi connectivity index (χ0n) is 13.7. The molecule has 2 aliphatic heterocycles. The first kappa shape index (κ1) is 15.7. The van der Waals surface area contributed by atoms with Crippen molar-refractivity contribution in [1.29, 1.82) is 0 Å². The number of rotatable bonds is 1. The van der Waals surface area contributed by atoms with Crippen molar-refractivity contribution in [3.63, 3.8) is 0 Å². The lowest BCUT2D eigenvalue weighted by Gasteiger charge is -2.48. The summed E-state index contributed by atoms with van der Waals surface area (Å²) in [5, 5.41) is 11.1. The summed E-state index contributed by atoms with van der Waals surface area (Å²) in [7, 11) is 0. The summed E-state index contributed by atoms with van der Waals surface area (Å²) in [4.78, 5) is 12.9. The minimum atomic E-state index is -0.525. The molecule has 6 heteroatoms. The maximum absolute atomic E-state index is 11.1. The van der Waals surface area contributed by atoms with Crippen LogP contribution >= 0.6 is 22.6 Å². The lowest BCUT2D eigenvalue weighted by molar-refractivity contribution is -0.385. The average Bonchev–Trinajstić information content (AvgIpc) is 2.69. The van der Waals surface area contributed by atoms with Gasteiger partial charge in [0.1, 0.15) is 5.75 Å². The quantitative estimate of drug-likeness (QED) is 0.373. The number of halogens is 1. The molecule has 0 aliphatic carbocycles. The minimum absolute atomic E-state index is 0.0993. The second kappa shape index (κ2) is 4.84. The highest BCUT2D eigenvalue weighted by molar-refractivity contribution is 14.1. The highest BCUT2D eigenvalue weighted by Gasteiger charge is 2.57. The second-order valence-electron chi connectivity index (χ2n) is 7.01. The van der Waals surface area contributed by atoms with Crippen LogP contribution in [0, 0.1) is 13.7 Å². The van der Waals surface area contributed by atoms with Crippen LogP contribution in [0.2, 0.25) is 0 Å². The van der Waals surface area contributed by atoms with Gasteiger partial charge in [-0.3, -0.25) is 10.1 Å². The van der Waals surface area contributed by atoms with Crippen LogP contribution in [0.15, 0.2) is 36.4 Å². The fraction of sp³-hybridized carbons (Fsp3) is 0.333. The monoisotopic (exact) mass is 436 g/mol. The largest absolute Gasteiger partial charge is 0.467 e. The number of hydrogen-bond donors (Lipinski definition) is 0. The lowest BCUT2D eigenvalue weighted by atomic mass is 9.78. The van der Waals surface area contributed by atoms with E-state index in [1.165, 1.54) is 15.2 Å². The number of hydrogen-bond acceptors (Lipinski definition) is 4. The van der Waals surface area contributed by atoms with Crippen LogP contribution < -0.4 is 9.64 Å². The van der Waals surface area contributed by atoms with Crippen LogP contribution in [-0.2, 0) is 12.0 Å². The van der Waals surface area contributed by atoms with Gasteiger partial charge in [-0.1, -0.05) is 0 Å². The molecule has 124 valence electrons. The van der Waals surface area contributed by atoms with Crippen molar-refractivity contribution in [3.8, 4) is 5.75 Å². The predicted molar refractivity (Wildman–Crippen MR) is 100 cm³/mol. The van der Waals surface area contributed by atoms with E-state index in [9.17, 15) is 10.1 Å². The van der Waals surface area contributed by atoms with Gasteiger partial charge >= 0.3 is 0 Å². The van der Waals surface area contributed by atoms with Crippen LogP contribution in [0.5, 0.6) is 5.75 Å². The molecule has 0 saturated heterocycles. The highest BCUT2D eigenvalue weighted by Crippen LogP contribution is 2.55. The van der Waals surface area contributed by atoms with Gasteiger partial charge in [0.05, 0.1) is 16.9 Å². The Bertz CT molecular complexity index is 881. The first-order valence-corrected chi connectivity index (χ1v) is 8.86. The maximum Gasteiger partial charge on any atom is 0.270 e. The van der Waals surface area contributed by atoms with Gasteiger partial charge in [0.2, 0.25) is 0 Å². The maximum atomic E-state index is 11.1. The van der Waals surface area contributed by atoms with Crippen molar-refractivity contribution in [2.45, 2.75) is 38.5 Å². The van der Waals surface area contributed by atoms with Crippen molar-refractivity contribution in [3.05, 3.63) is 61.2 Å². The second-order valence-corrected chi connectivity index (χ2v) is 8.25. The van der Waals surface area contributed by atoms with Crippen LogP contribution in [0.3, 0.4) is 0 Å². The van der Waals surface area contributed by atoms with Gasteiger partial charge in [-0.05, 0) is 73.2 Å². The van der Waals surface area contributed by atoms with Gasteiger partial charge in [0.25, 0.3) is 5.69 Å². The fourth-order valence-corrected chi connectivity index (χ4v) is 4.26. The molecule has 2 aromatic rings. The molecule has 1 unspecified atom stereocenters. The third kappa shape index (κ3) is 1.92. The number of anilines is 1. The van der Waals surface area contributed by atoms with Crippen LogP contribution in [0.4, 0.5) is 11.4 Å². The van der Waals surface area contributed by atoms with E-state index in [-0.39, 0.29) is 16.0 Å². The molecule has 4 rings (SSSR count). The Kier molecular flexibility index (Phi) is 3.16. The zero-order chi connectivity index (χ0) is 17.3. The van der Waals surface area contributed by atoms with Gasteiger partial charge in [-0.2, -0.15) is 0 Å². The molecule has 0 spiro atoms. The molecule has 2 heterocycles. The SMILES string of the molecule is CC1(C)c2cc(I)ccc2N2Cc3cc([N+](=O)[O-])ccc3OC21C. The third-order valence-corrected chi connectivity index (χ3v) is 6.16. The van der Waals surface area contributed by atoms with E-state index in [2.05, 4.69) is 66.5 Å². The first-order chi connectivity index (χ1) is 11.2. The fourth-order valence-electron chi connectivity index (χ4n) is 3.77. The van der Waals surface area contributed by atoms with E-state index in [4.69, 9.17) is 4.74 Å². The molecule has 0 amide bonds. The Morgan fingerprint density at radius 1 is 1.21 bits per heavy atom. The summed E-state index contributed by atoms with van der Waals surface area (Å²) in [6, 6.07) is 11.3. The van der Waals surface area contributed by atoms with Crippen LogP contribution in [-0.4, -0.2) is 10.6 Å². The van der Waals surface area contributed by atoms with Gasteiger partial charge in [0, 0.05) is 27.0 Å². The van der Waals surface area contributed by atoms with E-state index in [0.29, 0.717) is 6.54 Å². The summed E-state index contributed by atoms with van der Waals surface area (Å²) < 4.78 is 7.61. The smallest absolute Gasteiger partial charge is 0.270 e. The molecule has 1 atom stereocenters. The summed E-state index contributed by atoms with van der Waals surface area (Å²) in [5.74, 6) is 0.731. The van der Waals surface area contributed by atoms with E-state index in [0.717, 1.165) is 17.0 Å². The number of non-ortho nitro benzene ring substituents is 1. The Hall–Kier alpha value is -1.83. The molecule has 0 saturated carbocycles. The molecule has 0 fully saturated rings. The molecule has 0 N–H and O–H groups in total. The highest BCUT2D eigenvalue weighted by atomic mass is 127. The molecule has 2 aliphatic rings. The molecular weight excluding hydrogens is 419 g/mol. The molecule has 2 aromatic carbocycles. The third-order valence-electron chi connectivity index (χ3n) is 5.49. The summed E-state index contributed by atoms with van der Waals surface area (Å²) in [5.41, 5.74) is 2.61. The van der Waals surface area contributed by atoms with Crippen LogP contribution in [0.1, 0.15) is 31.9 Å². The van der Waals surface area contributed by atoms with Gasteiger partial charge in [-0.15, -0.1) is 0 Å². The molecule has 0 bridgehead atoms. The Labute approximate surface area is 153 Å². The minimum Gasteiger partial charge on any atom is -0.467 e. The number of nitro benzene ring substituents is 1. The first-order valence-electron chi connectivity index (χ1n) is 7.78. The van der Waals surface area contributed by atoms with Gasteiger partial charge in [-0.25, -0.2) is 0 Å². The van der Waals surface area contributed by atoms with Crippen molar-refractivity contribution in [2.24, 2.45) is 0 Å². The molecule has 0 aromatic heterocycles. The Morgan fingerprint density at radius 2 is 1.96 bits per heavy atom. The molecule has 24 heavy (non-hydrogen) atoms. The van der Waals surface area contributed by atoms with Crippen molar-refractivity contribution in [1.82, 2.24) is 0 Å². The lowest BCUT2D eigenvalue weighted by Crippen LogP contribution is -2.59. The average molecular weight is 436 g/mol. The van der Waals surface area contributed by atoms with E-state index in [1.54, 1.807) is 12.1 Å². The summed E-state index contributed by atoms with van der Waals surface area (Å²) >= 11 is 2.33. The summed E-state index contributed by atoms with van der Waals surface area (Å²) in [6.45, 7) is 7.09. The standard InChI is InChI=1S/C18H17IN2O3/c1-17(2)14-9-12(19)4-6-15(14)20-10-11-8-13(21(22)23)5-7-16(11)24-18(17,20)3/h4-9H,10H2,1-3H3. The zero-order valence-corrected chi connectivity index (χ0v) is 15.8. The number of nitro groups is 1. The van der Waals surface area contributed by atoms with Crippen molar-refractivity contribution >= 4 is 34.0 Å². The van der Waals surface area contributed by atoms with E-state index in [1.807, 2.05) is 0 Å². The predicted octanol–water partition coefficient (Wildman–Crippen LogP) is 4.61. The molecule has 0 radical (unpaired) electrons. The van der Waals surface area contributed by atoms with Crippen molar-refractivity contribution < 1.29 is 9.66 Å². The van der Waals surface area contributed by atoms with Gasteiger partial charge < -0.3 is 9.64 Å². The topological polar surface area (TPSA) is 55.6 Å². The summed E-state index contributed by atoms with van der Waals surface area (Å²) in [6.07, 6.45) is 0. The number of benzene rings is 2. The Balaban J connectivity index is 1.88. The Morgan fingerprint density at radius 3 is 2.67 bits per heavy atom. The number of ether oxygens (including phenoxy) is 1.